The molecule has 0 saturated heterocycles. The first kappa shape index (κ1) is 20.3. The second kappa shape index (κ2) is 8.31. The van der Waals surface area contributed by atoms with E-state index in [0.717, 1.165) is 18.5 Å². The summed E-state index contributed by atoms with van der Waals surface area (Å²) in [7, 11) is 0. The van der Waals surface area contributed by atoms with Crippen molar-refractivity contribution in [2.24, 2.45) is 0 Å². The number of rotatable bonds is 6. The summed E-state index contributed by atoms with van der Waals surface area (Å²) in [5.41, 5.74) is -1.26. The van der Waals surface area contributed by atoms with E-state index in [1.807, 2.05) is 0 Å². The summed E-state index contributed by atoms with van der Waals surface area (Å²) in [6, 6.07) is 11.5. The zero-order valence-electron chi connectivity index (χ0n) is 14.6. The molecule has 0 aliphatic heterocycles. The highest BCUT2D eigenvalue weighted by Gasteiger charge is 2.34. The van der Waals surface area contributed by atoms with E-state index < -0.39 is 22.4 Å². The molecule has 3 rings (SSSR count). The molecule has 2 N–H and O–H groups in total. The van der Waals surface area contributed by atoms with Crippen LogP contribution in [-0.2, 0) is 12.7 Å². The van der Waals surface area contributed by atoms with Gasteiger partial charge in [0, 0.05) is 11.6 Å². The molecular weight excluding hydrogens is 411 g/mol. The summed E-state index contributed by atoms with van der Waals surface area (Å²) in [5, 5.41) is 17.2. The molecule has 0 unspecified atom stereocenters. The summed E-state index contributed by atoms with van der Waals surface area (Å²) >= 11 is 6.07. The molecule has 150 valence electrons. The molecule has 0 aliphatic rings. The maximum absolute atomic E-state index is 13.2. The standard InChI is InChI=1S/C18H13ClF3N5O2/c19-13-7-3-1-5-11(13)9-23-16-15(27(28)29)17(25-10-24-16)26-14-8-4-2-6-12(14)18(20,21)22/h1-8,10H,9H2,(H2,23,24,25,26). The fourth-order valence-corrected chi connectivity index (χ4v) is 2.76. The van der Waals surface area contributed by atoms with Crippen LogP contribution in [0.3, 0.4) is 0 Å². The first-order valence-electron chi connectivity index (χ1n) is 8.17. The molecule has 29 heavy (non-hydrogen) atoms. The number of halogens is 4. The van der Waals surface area contributed by atoms with Crippen molar-refractivity contribution in [2.75, 3.05) is 10.6 Å². The van der Waals surface area contributed by atoms with Gasteiger partial charge >= 0.3 is 11.9 Å². The Hall–Kier alpha value is -3.40. The lowest BCUT2D eigenvalue weighted by Gasteiger charge is -2.14. The molecule has 1 aromatic heterocycles. The minimum absolute atomic E-state index is 0.121. The minimum Gasteiger partial charge on any atom is -0.360 e. The number of nitrogens with zero attached hydrogens (tertiary/aromatic N) is 3. The number of hydrogen-bond donors (Lipinski definition) is 2. The third-order valence-corrected chi connectivity index (χ3v) is 4.26. The summed E-state index contributed by atoms with van der Waals surface area (Å²) in [4.78, 5) is 18.4. The molecule has 3 aromatic rings. The van der Waals surface area contributed by atoms with Crippen LogP contribution in [0.25, 0.3) is 0 Å². The summed E-state index contributed by atoms with van der Waals surface area (Å²) in [6.45, 7) is 0.121. The van der Waals surface area contributed by atoms with Gasteiger partial charge in [0.05, 0.1) is 16.2 Å². The van der Waals surface area contributed by atoms with Crippen LogP contribution in [-0.4, -0.2) is 14.9 Å². The number of hydrogen-bond acceptors (Lipinski definition) is 6. The topological polar surface area (TPSA) is 93.0 Å². The van der Waals surface area contributed by atoms with Crippen molar-refractivity contribution >= 4 is 34.6 Å². The summed E-state index contributed by atoms with van der Waals surface area (Å²) in [6.07, 6.45) is -3.63. The minimum atomic E-state index is -4.64. The Morgan fingerprint density at radius 2 is 1.69 bits per heavy atom. The van der Waals surface area contributed by atoms with Gasteiger partial charge in [0.1, 0.15) is 6.33 Å². The predicted molar refractivity (Wildman–Crippen MR) is 102 cm³/mol. The van der Waals surface area contributed by atoms with E-state index >= 15 is 0 Å². The van der Waals surface area contributed by atoms with Gasteiger partial charge in [-0.25, -0.2) is 9.97 Å². The van der Waals surface area contributed by atoms with Crippen LogP contribution in [0.15, 0.2) is 54.9 Å². The molecule has 0 saturated carbocycles. The van der Waals surface area contributed by atoms with Gasteiger partial charge in [0.25, 0.3) is 0 Å². The normalized spacial score (nSPS) is 11.2. The molecule has 0 amide bonds. The third-order valence-electron chi connectivity index (χ3n) is 3.89. The number of nitro groups is 1. The monoisotopic (exact) mass is 423 g/mol. The Morgan fingerprint density at radius 1 is 1.03 bits per heavy atom. The molecular formula is C18H13ClF3N5O2. The van der Waals surface area contributed by atoms with Crippen LogP contribution >= 0.6 is 11.6 Å². The molecule has 0 aliphatic carbocycles. The highest BCUT2D eigenvalue weighted by molar-refractivity contribution is 6.31. The van der Waals surface area contributed by atoms with Crippen molar-refractivity contribution in [3.8, 4) is 0 Å². The Morgan fingerprint density at radius 3 is 2.38 bits per heavy atom. The number of alkyl halides is 3. The van der Waals surface area contributed by atoms with Crippen LogP contribution in [0.4, 0.5) is 36.2 Å². The van der Waals surface area contributed by atoms with Gasteiger partial charge in [-0.2, -0.15) is 13.2 Å². The van der Waals surface area contributed by atoms with Gasteiger partial charge in [-0.15, -0.1) is 0 Å². The lowest BCUT2D eigenvalue weighted by atomic mass is 10.1. The van der Waals surface area contributed by atoms with E-state index in [0.29, 0.717) is 10.6 Å². The molecule has 7 nitrogen and oxygen atoms in total. The van der Waals surface area contributed by atoms with Crippen LogP contribution < -0.4 is 10.6 Å². The van der Waals surface area contributed by atoms with E-state index in [4.69, 9.17) is 11.6 Å². The highest BCUT2D eigenvalue weighted by atomic mass is 35.5. The number of benzene rings is 2. The lowest BCUT2D eigenvalue weighted by molar-refractivity contribution is -0.383. The van der Waals surface area contributed by atoms with Crippen molar-refractivity contribution < 1.29 is 18.1 Å². The zero-order valence-corrected chi connectivity index (χ0v) is 15.3. The molecule has 1 heterocycles. The average molecular weight is 424 g/mol. The largest absolute Gasteiger partial charge is 0.418 e. The maximum Gasteiger partial charge on any atom is 0.418 e. The Balaban J connectivity index is 1.94. The van der Waals surface area contributed by atoms with Gasteiger partial charge in [0.2, 0.25) is 11.6 Å². The van der Waals surface area contributed by atoms with Crippen LogP contribution in [0, 0.1) is 10.1 Å². The maximum atomic E-state index is 13.2. The molecule has 11 heteroatoms. The molecule has 0 bridgehead atoms. The van der Waals surface area contributed by atoms with Gasteiger partial charge in [-0.1, -0.05) is 41.9 Å². The van der Waals surface area contributed by atoms with Gasteiger partial charge in [-0.05, 0) is 23.8 Å². The van der Waals surface area contributed by atoms with Crippen molar-refractivity contribution in [3.63, 3.8) is 0 Å². The molecule has 2 aromatic carbocycles. The number of aromatic nitrogens is 2. The molecule has 0 spiro atoms. The Bertz CT molecular complexity index is 1050. The van der Waals surface area contributed by atoms with Crippen LogP contribution in [0.2, 0.25) is 5.02 Å². The van der Waals surface area contributed by atoms with Crippen LogP contribution in [0.1, 0.15) is 11.1 Å². The first-order chi connectivity index (χ1) is 13.8. The fourth-order valence-electron chi connectivity index (χ4n) is 2.56. The van der Waals surface area contributed by atoms with E-state index in [1.165, 1.54) is 12.1 Å². The van der Waals surface area contributed by atoms with Crippen LogP contribution in [0.5, 0.6) is 0 Å². The fraction of sp³-hybridized carbons (Fsp3) is 0.111. The average Bonchev–Trinajstić information content (AvgIpc) is 2.67. The van der Waals surface area contributed by atoms with E-state index in [9.17, 15) is 23.3 Å². The number of nitrogens with one attached hydrogen (secondary N) is 2. The number of para-hydroxylation sites is 1. The summed E-state index contributed by atoms with van der Waals surface area (Å²) < 4.78 is 39.6. The van der Waals surface area contributed by atoms with Gasteiger partial charge < -0.3 is 10.6 Å². The predicted octanol–water partition coefficient (Wildman–Crippen LogP) is 5.41. The second-order valence-corrected chi connectivity index (χ2v) is 6.20. The molecule has 0 atom stereocenters. The van der Waals surface area contributed by atoms with Gasteiger partial charge in [-0.3, -0.25) is 10.1 Å². The van der Waals surface area contributed by atoms with Crippen molar-refractivity contribution in [2.45, 2.75) is 12.7 Å². The lowest BCUT2D eigenvalue weighted by Crippen LogP contribution is -2.11. The zero-order chi connectivity index (χ0) is 21.0. The van der Waals surface area contributed by atoms with Crippen molar-refractivity contribution in [1.82, 2.24) is 9.97 Å². The molecule has 0 fully saturated rings. The second-order valence-electron chi connectivity index (χ2n) is 5.79. The SMILES string of the molecule is O=[N+]([O-])c1c(NCc2ccccc2Cl)ncnc1Nc1ccccc1C(F)(F)F. The van der Waals surface area contributed by atoms with E-state index in [1.54, 1.807) is 24.3 Å². The van der Waals surface area contributed by atoms with Gasteiger partial charge in [0.15, 0.2) is 0 Å². The van der Waals surface area contributed by atoms with E-state index in [-0.39, 0.29) is 23.9 Å². The first-order valence-corrected chi connectivity index (χ1v) is 8.55. The van der Waals surface area contributed by atoms with Crippen molar-refractivity contribution in [3.05, 3.63) is 81.1 Å². The molecule has 0 radical (unpaired) electrons. The smallest absolute Gasteiger partial charge is 0.360 e. The quantitative estimate of drug-likeness (QED) is 0.406. The Labute approximate surface area is 167 Å². The van der Waals surface area contributed by atoms with E-state index in [2.05, 4.69) is 20.6 Å². The highest BCUT2D eigenvalue weighted by Crippen LogP contribution is 2.38. The third kappa shape index (κ3) is 4.72. The Kier molecular flexibility index (Phi) is 5.83. The summed E-state index contributed by atoms with van der Waals surface area (Å²) in [5.74, 6) is -0.528. The number of anilines is 3. The van der Waals surface area contributed by atoms with Crippen molar-refractivity contribution in [1.29, 1.82) is 0 Å².